The van der Waals surface area contributed by atoms with Gasteiger partial charge in [-0.3, -0.25) is 10.2 Å². The van der Waals surface area contributed by atoms with E-state index in [2.05, 4.69) is 4.74 Å². The molecule has 1 N–H and O–H groups in total. The molecule has 0 aromatic rings. The molecule has 70 valence electrons. The molecule has 0 unspecified atom stereocenters. The Labute approximate surface area is 72.4 Å². The Hall–Kier alpha value is -1.06. The zero-order valence-corrected chi connectivity index (χ0v) is 7.55. The van der Waals surface area contributed by atoms with Crippen LogP contribution in [-0.2, 0) is 14.3 Å². The van der Waals surface area contributed by atoms with E-state index in [4.69, 9.17) is 10.1 Å². The Morgan fingerprint density at radius 2 is 1.75 bits per heavy atom. The Kier molecular flexibility index (Phi) is 6.05. The number of carbonyl (C=O) groups excluding carboxylic acids is 1. The number of esters is 1. The molecule has 0 aliphatic heterocycles. The average Bonchev–Trinajstić information content (AvgIpc) is 2.02. The molecule has 0 atom stereocenters. The van der Waals surface area contributed by atoms with Crippen LogP contribution in [0.4, 0.5) is 0 Å². The first-order valence-electron chi connectivity index (χ1n) is 4.06. The largest absolute Gasteiger partial charge is 0.481 e. The van der Waals surface area contributed by atoms with Crippen LogP contribution in [0.3, 0.4) is 0 Å². The fraction of sp³-hybridized carbons (Fsp3) is 0.750. The van der Waals surface area contributed by atoms with Crippen molar-refractivity contribution in [3.63, 3.8) is 0 Å². The van der Waals surface area contributed by atoms with Crippen molar-refractivity contribution in [2.75, 3.05) is 13.2 Å². The maximum Gasteiger partial charge on any atom is 0.306 e. The molecule has 12 heavy (non-hydrogen) atoms. The highest BCUT2D eigenvalue weighted by molar-refractivity contribution is 5.79. The van der Waals surface area contributed by atoms with Crippen molar-refractivity contribution in [3.8, 4) is 0 Å². The highest BCUT2D eigenvalue weighted by Crippen LogP contribution is 1.95. The lowest BCUT2D eigenvalue weighted by molar-refractivity contribution is -0.143. The first kappa shape index (κ1) is 10.9. The first-order valence-corrected chi connectivity index (χ1v) is 4.06. The molecule has 0 aliphatic rings. The van der Waals surface area contributed by atoms with E-state index >= 15 is 0 Å². The van der Waals surface area contributed by atoms with E-state index < -0.39 is 0 Å². The van der Waals surface area contributed by atoms with Crippen molar-refractivity contribution in [2.24, 2.45) is 0 Å². The minimum absolute atomic E-state index is 0.144. The van der Waals surface area contributed by atoms with Crippen LogP contribution in [0.1, 0.15) is 26.7 Å². The monoisotopic (exact) mass is 173 g/mol. The molecule has 4 nitrogen and oxygen atoms in total. The Bertz CT molecular complexity index is 138. The normalized spacial score (nSPS) is 9.17. The third-order valence-corrected chi connectivity index (χ3v) is 1.18. The Morgan fingerprint density at radius 3 is 2.25 bits per heavy atom. The van der Waals surface area contributed by atoms with Crippen molar-refractivity contribution < 1.29 is 14.3 Å². The molecule has 0 fully saturated rings. The summed E-state index contributed by atoms with van der Waals surface area (Å²) in [5.74, 6) is -0.132. The van der Waals surface area contributed by atoms with Gasteiger partial charge < -0.3 is 9.47 Å². The van der Waals surface area contributed by atoms with E-state index in [0.717, 1.165) is 0 Å². The van der Waals surface area contributed by atoms with Crippen molar-refractivity contribution in [2.45, 2.75) is 26.7 Å². The zero-order chi connectivity index (χ0) is 9.40. The minimum Gasteiger partial charge on any atom is -0.481 e. The summed E-state index contributed by atoms with van der Waals surface area (Å²) in [4.78, 5) is 10.8. The molecule has 0 spiro atoms. The summed E-state index contributed by atoms with van der Waals surface area (Å²) in [6.07, 6.45) is 0.555. The highest BCUT2D eigenvalue weighted by Gasteiger charge is 2.04. The van der Waals surface area contributed by atoms with E-state index in [1.165, 1.54) is 0 Å². The van der Waals surface area contributed by atoms with Crippen LogP contribution in [0, 0.1) is 5.41 Å². The fourth-order valence-corrected chi connectivity index (χ4v) is 0.695. The van der Waals surface area contributed by atoms with Gasteiger partial charge in [-0.15, -0.1) is 0 Å². The van der Waals surface area contributed by atoms with Crippen LogP contribution in [0.2, 0.25) is 0 Å². The number of rotatable bonds is 5. The summed E-state index contributed by atoms with van der Waals surface area (Å²) < 4.78 is 9.53. The van der Waals surface area contributed by atoms with Crippen molar-refractivity contribution >= 4 is 11.9 Å². The van der Waals surface area contributed by atoms with Crippen molar-refractivity contribution in [1.29, 1.82) is 5.41 Å². The summed E-state index contributed by atoms with van der Waals surface area (Å²) in [6, 6.07) is 0. The van der Waals surface area contributed by atoms with Crippen LogP contribution in [-0.4, -0.2) is 25.1 Å². The second-order valence-corrected chi connectivity index (χ2v) is 2.16. The molecule has 0 amide bonds. The third kappa shape index (κ3) is 5.70. The van der Waals surface area contributed by atoms with E-state index in [0.29, 0.717) is 19.6 Å². The summed E-state index contributed by atoms with van der Waals surface area (Å²) >= 11 is 0. The molecule has 0 saturated heterocycles. The van der Waals surface area contributed by atoms with Crippen molar-refractivity contribution in [1.82, 2.24) is 0 Å². The molecular formula is C8H15NO3. The number of carbonyl (C=O) groups is 1. The van der Waals surface area contributed by atoms with Gasteiger partial charge in [-0.05, 0) is 13.8 Å². The second-order valence-electron chi connectivity index (χ2n) is 2.16. The lowest BCUT2D eigenvalue weighted by Gasteiger charge is -2.03. The van der Waals surface area contributed by atoms with E-state index in [1.54, 1.807) is 13.8 Å². The lowest BCUT2D eigenvalue weighted by atomic mass is 10.3. The van der Waals surface area contributed by atoms with E-state index in [1.807, 2.05) is 0 Å². The minimum atomic E-state index is -0.276. The van der Waals surface area contributed by atoms with Gasteiger partial charge in [0.15, 0.2) is 5.90 Å². The van der Waals surface area contributed by atoms with Crippen LogP contribution in [0.5, 0.6) is 0 Å². The van der Waals surface area contributed by atoms with Crippen LogP contribution in [0.25, 0.3) is 0 Å². The average molecular weight is 173 g/mol. The second kappa shape index (κ2) is 6.64. The van der Waals surface area contributed by atoms with Gasteiger partial charge in [0.1, 0.15) is 0 Å². The van der Waals surface area contributed by atoms with Gasteiger partial charge in [0.25, 0.3) is 0 Å². The van der Waals surface area contributed by atoms with Crippen molar-refractivity contribution in [3.05, 3.63) is 0 Å². The smallest absolute Gasteiger partial charge is 0.306 e. The quantitative estimate of drug-likeness (QED) is 0.388. The van der Waals surface area contributed by atoms with E-state index in [-0.39, 0.29) is 18.3 Å². The molecule has 0 aliphatic carbocycles. The van der Waals surface area contributed by atoms with Gasteiger partial charge in [-0.2, -0.15) is 0 Å². The zero-order valence-electron chi connectivity index (χ0n) is 7.55. The fourth-order valence-electron chi connectivity index (χ4n) is 0.695. The van der Waals surface area contributed by atoms with Crippen LogP contribution >= 0.6 is 0 Å². The summed E-state index contributed by atoms with van der Waals surface area (Å²) in [6.45, 7) is 4.42. The molecule has 0 heterocycles. The molecule has 4 heteroatoms. The first-order chi connectivity index (χ1) is 5.70. The summed E-state index contributed by atoms with van der Waals surface area (Å²) in [5.41, 5.74) is 0. The summed E-state index contributed by atoms with van der Waals surface area (Å²) in [7, 11) is 0. The third-order valence-electron chi connectivity index (χ3n) is 1.18. The molecule has 0 bridgehead atoms. The SMILES string of the molecule is CCOC(=N)CCC(=O)OCC. The summed E-state index contributed by atoms with van der Waals surface area (Å²) in [5, 5.41) is 7.18. The Balaban J connectivity index is 3.40. The predicted molar refractivity (Wildman–Crippen MR) is 45.2 cm³/mol. The standard InChI is InChI=1S/C8H15NO3/c1-3-11-7(9)5-6-8(10)12-4-2/h9H,3-6H2,1-2H3. The predicted octanol–water partition coefficient (Wildman–Crippen LogP) is 1.34. The van der Waals surface area contributed by atoms with Gasteiger partial charge in [0, 0.05) is 6.42 Å². The maximum atomic E-state index is 10.8. The molecule has 0 saturated carbocycles. The van der Waals surface area contributed by atoms with Gasteiger partial charge in [-0.25, -0.2) is 0 Å². The highest BCUT2D eigenvalue weighted by atomic mass is 16.5. The van der Waals surface area contributed by atoms with Gasteiger partial charge in [-0.1, -0.05) is 0 Å². The molecule has 0 aromatic carbocycles. The maximum absolute atomic E-state index is 10.8. The van der Waals surface area contributed by atoms with E-state index in [9.17, 15) is 4.79 Å². The van der Waals surface area contributed by atoms with Gasteiger partial charge in [0.2, 0.25) is 0 Å². The lowest BCUT2D eigenvalue weighted by Crippen LogP contribution is -2.09. The Morgan fingerprint density at radius 1 is 1.17 bits per heavy atom. The molecule has 0 rings (SSSR count). The topological polar surface area (TPSA) is 59.4 Å². The van der Waals surface area contributed by atoms with Gasteiger partial charge >= 0.3 is 5.97 Å². The number of hydrogen-bond acceptors (Lipinski definition) is 4. The number of ether oxygens (including phenoxy) is 2. The van der Waals surface area contributed by atoms with Gasteiger partial charge in [0.05, 0.1) is 19.6 Å². The van der Waals surface area contributed by atoms with Crippen LogP contribution in [0.15, 0.2) is 0 Å². The number of hydrogen-bond donors (Lipinski definition) is 1. The van der Waals surface area contributed by atoms with Crippen LogP contribution < -0.4 is 0 Å². The number of nitrogens with one attached hydrogen (secondary N) is 1. The molecule has 0 radical (unpaired) electrons. The molecular weight excluding hydrogens is 158 g/mol. The molecule has 0 aromatic heterocycles.